The zero-order valence-corrected chi connectivity index (χ0v) is 12.5. The molecular formula is C14H19ClN2O3. The lowest BCUT2D eigenvalue weighted by Gasteiger charge is -2.24. The number of benzene rings is 1. The van der Waals surface area contributed by atoms with Gasteiger partial charge in [0.15, 0.2) is 0 Å². The van der Waals surface area contributed by atoms with E-state index in [1.165, 1.54) is 0 Å². The van der Waals surface area contributed by atoms with Crippen LogP contribution < -0.4 is 10.6 Å². The molecule has 0 saturated carbocycles. The monoisotopic (exact) mass is 298 g/mol. The van der Waals surface area contributed by atoms with Crippen LogP contribution in [0.1, 0.15) is 25.8 Å². The van der Waals surface area contributed by atoms with Gasteiger partial charge >= 0.3 is 5.97 Å². The van der Waals surface area contributed by atoms with Gasteiger partial charge in [-0.05, 0) is 38.0 Å². The zero-order chi connectivity index (χ0) is 15.3. The van der Waals surface area contributed by atoms with Crippen molar-refractivity contribution in [2.45, 2.75) is 32.7 Å². The molecular weight excluding hydrogens is 280 g/mol. The van der Waals surface area contributed by atoms with E-state index in [-0.39, 0.29) is 12.5 Å². The first-order valence-corrected chi connectivity index (χ1v) is 6.70. The minimum atomic E-state index is -1.12. The Kier molecular flexibility index (Phi) is 5.53. The van der Waals surface area contributed by atoms with Crippen molar-refractivity contribution in [3.8, 4) is 0 Å². The number of carbonyl (C=O) groups excluding carboxylic acids is 1. The van der Waals surface area contributed by atoms with Crippen LogP contribution in [-0.4, -0.2) is 29.1 Å². The maximum Gasteiger partial charge on any atom is 0.323 e. The number of carboxylic acid groups (broad SMARTS) is 1. The van der Waals surface area contributed by atoms with Gasteiger partial charge in [-0.3, -0.25) is 14.9 Å². The molecule has 0 aliphatic carbocycles. The lowest BCUT2D eigenvalue weighted by Crippen LogP contribution is -2.51. The van der Waals surface area contributed by atoms with Gasteiger partial charge in [0.05, 0.1) is 17.3 Å². The van der Waals surface area contributed by atoms with E-state index < -0.39 is 11.5 Å². The van der Waals surface area contributed by atoms with Gasteiger partial charge in [-0.15, -0.1) is 0 Å². The number of amides is 1. The normalized spacial score (nSPS) is 13.6. The van der Waals surface area contributed by atoms with E-state index >= 15 is 0 Å². The van der Waals surface area contributed by atoms with Crippen molar-refractivity contribution in [2.75, 3.05) is 11.9 Å². The highest BCUT2D eigenvalue weighted by Crippen LogP contribution is 2.22. The third kappa shape index (κ3) is 4.21. The summed E-state index contributed by atoms with van der Waals surface area (Å²) in [5.74, 6) is -1.32. The number of carbonyl (C=O) groups is 2. The molecule has 20 heavy (non-hydrogen) atoms. The Morgan fingerprint density at radius 3 is 2.55 bits per heavy atom. The summed E-state index contributed by atoms with van der Waals surface area (Å²) in [5, 5.41) is 14.9. The van der Waals surface area contributed by atoms with Gasteiger partial charge in [0, 0.05) is 0 Å². The van der Waals surface area contributed by atoms with E-state index in [0.717, 1.165) is 5.56 Å². The molecule has 110 valence electrons. The predicted octanol–water partition coefficient (Wildman–Crippen LogP) is 2.43. The number of nitrogens with one attached hydrogen (secondary N) is 2. The average molecular weight is 299 g/mol. The second-order valence-corrected chi connectivity index (χ2v) is 5.28. The molecule has 3 N–H and O–H groups in total. The molecule has 0 heterocycles. The molecule has 1 rings (SSSR count). The molecule has 0 fully saturated rings. The fraction of sp³-hybridized carbons (Fsp3) is 0.429. The molecule has 1 aromatic rings. The average Bonchev–Trinajstić information content (AvgIpc) is 2.39. The summed E-state index contributed by atoms with van der Waals surface area (Å²) in [6.45, 7) is 5.09. The summed E-state index contributed by atoms with van der Waals surface area (Å²) in [6, 6.07) is 5.30. The molecule has 0 radical (unpaired) electrons. The zero-order valence-electron chi connectivity index (χ0n) is 11.8. The number of aliphatic carboxylic acids is 1. The van der Waals surface area contributed by atoms with E-state index in [2.05, 4.69) is 10.6 Å². The van der Waals surface area contributed by atoms with Crippen LogP contribution in [0.2, 0.25) is 5.02 Å². The number of carboxylic acids is 1. The van der Waals surface area contributed by atoms with Gasteiger partial charge in [-0.2, -0.15) is 0 Å². The van der Waals surface area contributed by atoms with Crippen molar-refractivity contribution in [1.82, 2.24) is 5.32 Å². The smallest absolute Gasteiger partial charge is 0.323 e. The molecule has 1 amide bonds. The molecule has 1 unspecified atom stereocenters. The second kappa shape index (κ2) is 6.72. The molecule has 5 nitrogen and oxygen atoms in total. The summed E-state index contributed by atoms with van der Waals surface area (Å²) in [5.41, 5.74) is 0.391. The largest absolute Gasteiger partial charge is 0.480 e. The number of hydrogen-bond donors (Lipinski definition) is 3. The van der Waals surface area contributed by atoms with Crippen molar-refractivity contribution in [2.24, 2.45) is 0 Å². The molecule has 1 atom stereocenters. The highest BCUT2D eigenvalue weighted by molar-refractivity contribution is 6.33. The van der Waals surface area contributed by atoms with Crippen molar-refractivity contribution in [1.29, 1.82) is 0 Å². The summed E-state index contributed by atoms with van der Waals surface area (Å²) in [6.07, 6.45) is 0.376. The van der Waals surface area contributed by atoms with E-state index in [0.29, 0.717) is 17.1 Å². The second-order valence-electron chi connectivity index (χ2n) is 4.88. The highest BCUT2D eigenvalue weighted by atomic mass is 35.5. The Hall–Kier alpha value is -1.59. The summed E-state index contributed by atoms with van der Waals surface area (Å²) in [7, 11) is 0. The SMILES string of the molecule is CCC(C)(NCC(=O)Nc1ccc(C)cc1Cl)C(=O)O. The van der Waals surface area contributed by atoms with E-state index in [1.807, 2.05) is 13.0 Å². The molecule has 6 heteroatoms. The van der Waals surface area contributed by atoms with Gasteiger partial charge < -0.3 is 10.4 Å². The Morgan fingerprint density at radius 2 is 2.05 bits per heavy atom. The number of halogens is 1. The Labute approximate surface area is 123 Å². The van der Waals surface area contributed by atoms with E-state index in [4.69, 9.17) is 16.7 Å². The van der Waals surface area contributed by atoms with E-state index in [9.17, 15) is 9.59 Å². The maximum absolute atomic E-state index is 11.8. The van der Waals surface area contributed by atoms with Gasteiger partial charge in [0.1, 0.15) is 5.54 Å². The molecule has 1 aromatic carbocycles. The van der Waals surface area contributed by atoms with Gasteiger partial charge in [-0.1, -0.05) is 24.6 Å². The summed E-state index contributed by atoms with van der Waals surface area (Å²) in [4.78, 5) is 22.9. The summed E-state index contributed by atoms with van der Waals surface area (Å²) >= 11 is 6.01. The summed E-state index contributed by atoms with van der Waals surface area (Å²) < 4.78 is 0. The number of anilines is 1. The van der Waals surface area contributed by atoms with Crippen LogP contribution in [0.15, 0.2) is 18.2 Å². The fourth-order valence-corrected chi connectivity index (χ4v) is 1.83. The lowest BCUT2D eigenvalue weighted by atomic mass is 9.99. The molecule has 0 bridgehead atoms. The Bertz CT molecular complexity index is 519. The molecule has 0 spiro atoms. The van der Waals surface area contributed by atoms with Gasteiger partial charge in [-0.25, -0.2) is 0 Å². The Balaban J connectivity index is 2.62. The minimum absolute atomic E-state index is 0.0964. The van der Waals surface area contributed by atoms with Crippen LogP contribution in [0, 0.1) is 6.92 Å². The first-order valence-electron chi connectivity index (χ1n) is 6.33. The quantitative estimate of drug-likeness (QED) is 0.754. The third-order valence-corrected chi connectivity index (χ3v) is 3.53. The van der Waals surface area contributed by atoms with Crippen molar-refractivity contribution >= 4 is 29.2 Å². The predicted molar refractivity (Wildman–Crippen MR) is 79.2 cm³/mol. The molecule has 0 saturated heterocycles. The maximum atomic E-state index is 11.8. The van der Waals surface area contributed by atoms with E-state index in [1.54, 1.807) is 26.0 Å². The molecule has 0 aliphatic rings. The molecule has 0 aliphatic heterocycles. The number of aryl methyl sites for hydroxylation is 1. The number of hydrogen-bond acceptors (Lipinski definition) is 3. The first kappa shape index (κ1) is 16.5. The minimum Gasteiger partial charge on any atom is -0.480 e. The topological polar surface area (TPSA) is 78.4 Å². The standard InChI is InChI=1S/C14H19ClN2O3/c1-4-14(3,13(19)20)16-8-12(18)17-11-6-5-9(2)7-10(11)15/h5-7,16H,4,8H2,1-3H3,(H,17,18)(H,19,20). The van der Waals surface area contributed by atoms with Crippen LogP contribution in [0.25, 0.3) is 0 Å². The van der Waals surface area contributed by atoms with Crippen molar-refractivity contribution < 1.29 is 14.7 Å². The third-order valence-electron chi connectivity index (χ3n) is 3.22. The molecule has 0 aromatic heterocycles. The van der Waals surface area contributed by atoms with Crippen molar-refractivity contribution in [3.63, 3.8) is 0 Å². The highest BCUT2D eigenvalue weighted by Gasteiger charge is 2.30. The van der Waals surface area contributed by atoms with Crippen LogP contribution in [0.3, 0.4) is 0 Å². The van der Waals surface area contributed by atoms with Crippen LogP contribution in [0.4, 0.5) is 5.69 Å². The van der Waals surface area contributed by atoms with Crippen LogP contribution in [-0.2, 0) is 9.59 Å². The van der Waals surface area contributed by atoms with Crippen molar-refractivity contribution in [3.05, 3.63) is 28.8 Å². The fourth-order valence-electron chi connectivity index (χ4n) is 1.54. The van der Waals surface area contributed by atoms with Crippen LogP contribution in [0.5, 0.6) is 0 Å². The lowest BCUT2D eigenvalue weighted by molar-refractivity contribution is -0.144. The van der Waals surface area contributed by atoms with Crippen LogP contribution >= 0.6 is 11.6 Å². The van der Waals surface area contributed by atoms with Gasteiger partial charge in [0.2, 0.25) is 5.91 Å². The van der Waals surface area contributed by atoms with Gasteiger partial charge in [0.25, 0.3) is 0 Å². The Morgan fingerprint density at radius 1 is 1.40 bits per heavy atom. The first-order chi connectivity index (χ1) is 9.28. The number of rotatable bonds is 6.